The van der Waals surface area contributed by atoms with Crippen molar-refractivity contribution in [2.75, 3.05) is 106 Å². The molecule has 9 rings (SSSR count). The Morgan fingerprint density at radius 3 is 1.19 bits per heavy atom. The fourth-order valence-corrected chi connectivity index (χ4v) is 11.0. The topological polar surface area (TPSA) is 283 Å². The lowest BCUT2D eigenvalue weighted by atomic mass is 9.89. The number of carbonyl (C=O) groups is 8. The lowest BCUT2D eigenvalue weighted by Gasteiger charge is -2.27. The lowest BCUT2D eigenvalue weighted by molar-refractivity contribution is -0.135. The van der Waals surface area contributed by atoms with Crippen LogP contribution in [0.15, 0.2) is 140 Å². The molecule has 4 heterocycles. The Labute approximate surface area is 543 Å². The number of hydrogen-bond donors (Lipinski definition) is 5. The maximum Gasteiger partial charge on any atom is 0.234 e. The maximum absolute atomic E-state index is 14.1. The molecule has 498 valence electrons. The number of Topliss-reactive ketones (excluding diaryl/α,β-unsaturated/α-hetero) is 4. The van der Waals surface area contributed by atoms with Crippen LogP contribution >= 0.6 is 0 Å². The van der Waals surface area contributed by atoms with E-state index in [1.165, 1.54) is 0 Å². The van der Waals surface area contributed by atoms with E-state index in [0.717, 1.165) is 27.8 Å². The largest absolute Gasteiger partial charge is 0.497 e. The molecule has 0 spiro atoms. The Balaban J connectivity index is 0.000000242. The van der Waals surface area contributed by atoms with Gasteiger partial charge in [0.15, 0.2) is 23.1 Å². The fourth-order valence-electron chi connectivity index (χ4n) is 11.0. The molecule has 5 aromatic carbocycles. The van der Waals surface area contributed by atoms with E-state index in [4.69, 9.17) is 33.2 Å². The molecule has 5 N–H and O–H groups in total. The SMILES string of the molecule is COc1ccc(C[C@H](CC(=O)[C@H](CO)NC(=O)CN2CCOCC2)C(=O)N[C@@H](Cc2ccccc2)C(=O)[C@@]2(C)CO2)cc1.COc1ccc(C[C@H](CC(=O)[C@H](COCc2ccccc2)NC(=O)CN2CCOCC2)C(=O)N[C@@H](Cc2ccccc2)C(=O)[C@@]2(C)CO2)cc1. The van der Waals surface area contributed by atoms with Gasteiger partial charge in [0.1, 0.15) is 34.8 Å². The highest BCUT2D eigenvalue weighted by Gasteiger charge is 2.51. The molecule has 5 aromatic rings. The summed E-state index contributed by atoms with van der Waals surface area (Å²) in [6.45, 7) is 8.33. The van der Waals surface area contributed by atoms with Crippen LogP contribution in [-0.4, -0.2) is 203 Å². The van der Waals surface area contributed by atoms with Gasteiger partial charge < -0.3 is 59.5 Å². The third kappa shape index (κ3) is 22.6. The van der Waals surface area contributed by atoms with Crippen LogP contribution in [-0.2, 0) is 94.3 Å². The summed E-state index contributed by atoms with van der Waals surface area (Å²) in [5, 5.41) is 21.4. The van der Waals surface area contributed by atoms with Crippen molar-refractivity contribution in [1.29, 1.82) is 0 Å². The first kappa shape index (κ1) is 70.8. The van der Waals surface area contributed by atoms with Gasteiger partial charge in [0, 0.05) is 50.9 Å². The highest BCUT2D eigenvalue weighted by atomic mass is 16.6. The lowest BCUT2D eigenvalue weighted by Crippen LogP contribution is -2.51. The van der Waals surface area contributed by atoms with Gasteiger partial charge in [0.05, 0.1) is 98.9 Å². The van der Waals surface area contributed by atoms with Crippen LogP contribution in [0, 0.1) is 11.8 Å². The van der Waals surface area contributed by atoms with E-state index in [2.05, 4.69) is 21.3 Å². The van der Waals surface area contributed by atoms with Crippen molar-refractivity contribution >= 4 is 46.8 Å². The molecule has 4 aliphatic heterocycles. The quantitative estimate of drug-likeness (QED) is 0.0362. The zero-order chi connectivity index (χ0) is 66.2. The van der Waals surface area contributed by atoms with E-state index < -0.39 is 77.3 Å². The van der Waals surface area contributed by atoms with Crippen LogP contribution in [0.4, 0.5) is 0 Å². The van der Waals surface area contributed by atoms with Gasteiger partial charge in [-0.15, -0.1) is 0 Å². The van der Waals surface area contributed by atoms with Crippen molar-refractivity contribution in [3.63, 3.8) is 0 Å². The van der Waals surface area contributed by atoms with Crippen molar-refractivity contribution < 1.29 is 76.6 Å². The summed E-state index contributed by atoms with van der Waals surface area (Å²) in [4.78, 5) is 112. The minimum absolute atomic E-state index is 0.0652. The second kappa shape index (κ2) is 35.3. The molecule has 4 aliphatic rings. The molecule has 4 amide bonds. The summed E-state index contributed by atoms with van der Waals surface area (Å²) in [7, 11) is 3.13. The number of benzene rings is 5. The minimum atomic E-state index is -1.17. The fraction of sp³-hybridized carbons (Fsp3) is 0.465. The van der Waals surface area contributed by atoms with Crippen LogP contribution in [0.5, 0.6) is 11.5 Å². The number of aliphatic hydroxyl groups excluding tert-OH is 1. The van der Waals surface area contributed by atoms with Gasteiger partial charge in [-0.05, 0) is 91.6 Å². The van der Waals surface area contributed by atoms with E-state index in [0.29, 0.717) is 64.1 Å². The van der Waals surface area contributed by atoms with Crippen molar-refractivity contribution in [2.45, 2.75) is 94.3 Å². The highest BCUT2D eigenvalue weighted by molar-refractivity contribution is 5.99. The number of methoxy groups -OCH3 is 2. The average Bonchev–Trinajstić information content (AvgIpc) is 1.69. The summed E-state index contributed by atoms with van der Waals surface area (Å²) >= 11 is 0. The van der Waals surface area contributed by atoms with Gasteiger partial charge in [0.25, 0.3) is 0 Å². The summed E-state index contributed by atoms with van der Waals surface area (Å²) < 4.78 is 38.0. The van der Waals surface area contributed by atoms with Gasteiger partial charge in [-0.2, -0.15) is 0 Å². The summed E-state index contributed by atoms with van der Waals surface area (Å²) in [5.74, 6) is -3.28. The third-order valence-electron chi connectivity index (χ3n) is 16.9. The van der Waals surface area contributed by atoms with Crippen LogP contribution < -0.4 is 30.7 Å². The summed E-state index contributed by atoms with van der Waals surface area (Å²) in [5.41, 5.74) is 2.37. The standard InChI is InChI=1S/C39H47N3O8.C32H41N3O8/c1-39(27-50-39)37(45)33(22-28-9-5-3-6-10-28)41-38(46)31(21-29-13-15-32(47-2)16-14-29)23-35(43)34(26-49-25-30-11-7-4-8-12-30)40-36(44)24-42-17-19-48-20-18-42;1-32(21-43-32)30(39)26(17-22-6-4-3-5-7-22)34-31(40)24(16-23-8-10-25(41-2)11-9-23)18-28(37)27(20-36)33-29(38)19-35-12-14-42-15-13-35/h3-16,31,33-34H,17-27H2,1-2H3,(H,40,44)(H,41,46);3-11,24,26-27,36H,12-21H2,1-2H3,(H,33,38)(H,34,40)/t31-,33+,34+,39-;24-,26+,27+,32-/m11/s1. The number of morpholine rings is 2. The Bertz CT molecular complexity index is 3230. The summed E-state index contributed by atoms with van der Waals surface area (Å²) in [6, 6.07) is 38.9. The van der Waals surface area contributed by atoms with Crippen LogP contribution in [0.3, 0.4) is 0 Å². The smallest absolute Gasteiger partial charge is 0.234 e. The van der Waals surface area contributed by atoms with Gasteiger partial charge in [-0.1, -0.05) is 115 Å². The Morgan fingerprint density at radius 2 is 0.828 bits per heavy atom. The number of epoxide rings is 2. The average molecular weight is 1280 g/mol. The number of hydrogen-bond acceptors (Lipinski definition) is 18. The van der Waals surface area contributed by atoms with E-state index in [1.54, 1.807) is 52.3 Å². The number of aliphatic hydroxyl groups is 1. The number of rotatable bonds is 35. The van der Waals surface area contributed by atoms with E-state index in [9.17, 15) is 43.5 Å². The Hall–Kier alpha value is -8.06. The minimum Gasteiger partial charge on any atom is -0.497 e. The molecule has 0 unspecified atom stereocenters. The zero-order valence-corrected chi connectivity index (χ0v) is 53.6. The number of nitrogens with zero attached hydrogens (tertiary/aromatic N) is 2. The highest BCUT2D eigenvalue weighted by Crippen LogP contribution is 2.31. The Morgan fingerprint density at radius 1 is 0.473 bits per heavy atom. The first-order valence-corrected chi connectivity index (χ1v) is 31.7. The van der Waals surface area contributed by atoms with Crippen molar-refractivity contribution in [1.82, 2.24) is 31.1 Å². The third-order valence-corrected chi connectivity index (χ3v) is 16.9. The molecule has 0 radical (unpaired) electrons. The molecule has 93 heavy (non-hydrogen) atoms. The molecule has 22 nitrogen and oxygen atoms in total. The number of nitrogens with one attached hydrogen (secondary N) is 4. The van der Waals surface area contributed by atoms with E-state index in [1.807, 2.05) is 125 Å². The van der Waals surface area contributed by atoms with Gasteiger partial charge >= 0.3 is 0 Å². The zero-order valence-electron chi connectivity index (χ0n) is 53.6. The predicted octanol–water partition coefficient (Wildman–Crippen LogP) is 3.64. The van der Waals surface area contributed by atoms with Crippen molar-refractivity contribution in [2.24, 2.45) is 11.8 Å². The molecular formula is C71H88N6O16. The first-order chi connectivity index (χ1) is 44.9. The number of amides is 4. The van der Waals surface area contributed by atoms with Crippen molar-refractivity contribution in [3.8, 4) is 11.5 Å². The maximum atomic E-state index is 14.1. The monoisotopic (exact) mass is 1280 g/mol. The number of ketones is 4. The van der Waals surface area contributed by atoms with E-state index >= 15 is 0 Å². The predicted molar refractivity (Wildman–Crippen MR) is 344 cm³/mol. The molecule has 22 heteroatoms. The second-order valence-corrected chi connectivity index (χ2v) is 24.3. The normalized spacial score (nSPS) is 19.7. The number of ether oxygens (including phenoxy) is 7. The molecule has 8 atom stereocenters. The molecule has 4 saturated heterocycles. The number of carbonyl (C=O) groups excluding carboxylic acids is 8. The second-order valence-electron chi connectivity index (χ2n) is 24.3. The van der Waals surface area contributed by atoms with Crippen LogP contribution in [0.25, 0.3) is 0 Å². The van der Waals surface area contributed by atoms with Gasteiger partial charge in [-0.25, -0.2) is 0 Å². The van der Waals surface area contributed by atoms with E-state index in [-0.39, 0.29) is 101 Å². The van der Waals surface area contributed by atoms with Crippen molar-refractivity contribution in [3.05, 3.63) is 167 Å². The van der Waals surface area contributed by atoms with Gasteiger partial charge in [-0.3, -0.25) is 48.2 Å². The summed E-state index contributed by atoms with van der Waals surface area (Å²) in [6.07, 6.45) is 0.532. The Kier molecular flexibility index (Phi) is 26.9. The first-order valence-electron chi connectivity index (χ1n) is 31.7. The van der Waals surface area contributed by atoms with Gasteiger partial charge in [0.2, 0.25) is 23.6 Å². The molecule has 0 saturated carbocycles. The molecule has 4 fully saturated rings. The molecule has 0 aliphatic carbocycles. The van der Waals surface area contributed by atoms with Crippen LogP contribution in [0.2, 0.25) is 0 Å². The van der Waals surface area contributed by atoms with Crippen LogP contribution in [0.1, 0.15) is 54.5 Å². The molecule has 0 aromatic heterocycles. The molecule has 0 bridgehead atoms. The molecular weight excluding hydrogens is 1190 g/mol.